The van der Waals surface area contributed by atoms with Crippen LogP contribution in [-0.2, 0) is 17.3 Å². The van der Waals surface area contributed by atoms with E-state index in [1.54, 1.807) is 12.1 Å². The molecule has 1 aromatic carbocycles. The molecule has 0 atom stereocenters. The number of carboxylic acids is 1. The Hall–Kier alpha value is -1.66. The number of carboxylic acid groups (broad SMARTS) is 1. The maximum absolute atomic E-state index is 11.3. The molecule has 1 N–H and O–H groups in total. The molecule has 1 aliphatic heterocycles. The van der Waals surface area contributed by atoms with Gasteiger partial charge in [-0.1, -0.05) is 6.07 Å². The quantitative estimate of drug-likeness (QED) is 0.932. The van der Waals surface area contributed by atoms with Crippen LogP contribution in [0.5, 0.6) is 0 Å². The average Bonchev–Trinajstić information content (AvgIpc) is 2.85. The highest BCUT2D eigenvalue weighted by Gasteiger charge is 2.16. The van der Waals surface area contributed by atoms with E-state index in [0.717, 1.165) is 42.1 Å². The minimum atomic E-state index is -1.05. The monoisotopic (exact) mass is 293 g/mol. The van der Waals surface area contributed by atoms with Crippen molar-refractivity contribution in [2.75, 3.05) is 24.6 Å². The van der Waals surface area contributed by atoms with Gasteiger partial charge in [0, 0.05) is 47.3 Å². The van der Waals surface area contributed by atoms with Crippen LogP contribution in [0.3, 0.4) is 0 Å². The summed E-state index contributed by atoms with van der Waals surface area (Å²) in [5.74, 6) is 0.376. The van der Waals surface area contributed by atoms with Crippen molar-refractivity contribution in [3.05, 3.63) is 35.6 Å². The van der Waals surface area contributed by atoms with Crippen LogP contribution in [0.4, 0.5) is 0 Å². The summed E-state index contributed by atoms with van der Waals surface area (Å²) >= 11 is 0. The van der Waals surface area contributed by atoms with E-state index in [1.807, 2.05) is 12.1 Å². The van der Waals surface area contributed by atoms with Crippen LogP contribution in [0.15, 0.2) is 28.7 Å². The Labute approximate surface area is 118 Å². The number of furan rings is 1. The highest BCUT2D eigenvalue weighted by atomic mass is 32.2. The fourth-order valence-electron chi connectivity index (χ4n) is 2.39. The molecule has 5 nitrogen and oxygen atoms in total. The second-order valence-corrected chi connectivity index (χ2v) is 6.61. The van der Waals surface area contributed by atoms with Gasteiger partial charge in [-0.25, -0.2) is 4.79 Å². The van der Waals surface area contributed by atoms with Crippen molar-refractivity contribution in [3.63, 3.8) is 0 Å². The van der Waals surface area contributed by atoms with Crippen LogP contribution >= 0.6 is 0 Å². The Morgan fingerprint density at radius 3 is 2.75 bits per heavy atom. The summed E-state index contributed by atoms with van der Waals surface area (Å²) in [6.07, 6.45) is 0. The molecule has 0 radical (unpaired) electrons. The van der Waals surface area contributed by atoms with Gasteiger partial charge in [0.05, 0.1) is 0 Å². The summed E-state index contributed by atoms with van der Waals surface area (Å²) in [5, 5.41) is 9.72. The maximum Gasteiger partial charge on any atom is 0.371 e. The van der Waals surface area contributed by atoms with Crippen LogP contribution in [-0.4, -0.2) is 44.8 Å². The van der Waals surface area contributed by atoms with Gasteiger partial charge in [0.2, 0.25) is 5.76 Å². The van der Waals surface area contributed by atoms with Crippen molar-refractivity contribution < 1.29 is 18.5 Å². The SMILES string of the molecule is O=C(O)c1cc2cc(CN3CCS(=O)CC3)ccc2o1. The van der Waals surface area contributed by atoms with Gasteiger partial charge in [-0.3, -0.25) is 9.11 Å². The van der Waals surface area contributed by atoms with Crippen LogP contribution in [0, 0.1) is 0 Å². The molecule has 6 heteroatoms. The van der Waals surface area contributed by atoms with E-state index in [1.165, 1.54) is 0 Å². The summed E-state index contributed by atoms with van der Waals surface area (Å²) in [7, 11) is -0.665. The zero-order valence-electron chi connectivity index (χ0n) is 10.9. The molecular formula is C14H15NO4S. The predicted octanol–water partition coefficient (Wildman–Crippen LogP) is 1.70. The molecule has 1 aliphatic rings. The Morgan fingerprint density at radius 1 is 1.30 bits per heavy atom. The van der Waals surface area contributed by atoms with Crippen LogP contribution in [0.1, 0.15) is 16.1 Å². The zero-order chi connectivity index (χ0) is 14.1. The van der Waals surface area contributed by atoms with E-state index in [-0.39, 0.29) is 5.76 Å². The lowest BCUT2D eigenvalue weighted by Gasteiger charge is -2.26. The predicted molar refractivity (Wildman–Crippen MR) is 76.3 cm³/mol. The maximum atomic E-state index is 11.3. The van der Waals surface area contributed by atoms with Crippen molar-refractivity contribution >= 4 is 27.7 Å². The highest BCUT2D eigenvalue weighted by Crippen LogP contribution is 2.21. The number of hydrogen-bond acceptors (Lipinski definition) is 4. The van der Waals surface area contributed by atoms with Crippen LogP contribution in [0.25, 0.3) is 11.0 Å². The second-order valence-electron chi connectivity index (χ2n) is 4.91. The molecule has 0 aliphatic carbocycles. The van der Waals surface area contributed by atoms with Gasteiger partial charge in [-0.15, -0.1) is 0 Å². The third kappa shape index (κ3) is 2.76. The van der Waals surface area contributed by atoms with Gasteiger partial charge in [-0.05, 0) is 23.8 Å². The number of nitrogens with zero attached hydrogens (tertiary/aromatic N) is 1. The second kappa shape index (κ2) is 5.38. The van der Waals surface area contributed by atoms with Gasteiger partial charge in [0.25, 0.3) is 0 Å². The number of benzene rings is 1. The minimum Gasteiger partial charge on any atom is -0.475 e. The Bertz CT molecular complexity index is 669. The number of fused-ring (bicyclic) bond motifs is 1. The Morgan fingerprint density at radius 2 is 2.05 bits per heavy atom. The molecule has 0 bridgehead atoms. The van der Waals surface area contributed by atoms with Gasteiger partial charge < -0.3 is 9.52 Å². The smallest absolute Gasteiger partial charge is 0.371 e. The molecule has 1 aromatic heterocycles. The number of hydrogen-bond donors (Lipinski definition) is 1. The largest absolute Gasteiger partial charge is 0.475 e. The van der Waals surface area contributed by atoms with E-state index in [0.29, 0.717) is 5.58 Å². The van der Waals surface area contributed by atoms with E-state index in [2.05, 4.69) is 4.90 Å². The summed E-state index contributed by atoms with van der Waals surface area (Å²) in [6, 6.07) is 7.26. The lowest BCUT2D eigenvalue weighted by Crippen LogP contribution is -2.37. The molecule has 106 valence electrons. The van der Waals surface area contributed by atoms with Crippen LogP contribution < -0.4 is 0 Å². The van der Waals surface area contributed by atoms with Crippen molar-refractivity contribution in [1.82, 2.24) is 4.90 Å². The fraction of sp³-hybridized carbons (Fsp3) is 0.357. The summed E-state index contributed by atoms with van der Waals surface area (Å²) in [5.41, 5.74) is 1.70. The molecule has 20 heavy (non-hydrogen) atoms. The van der Waals surface area contributed by atoms with E-state index >= 15 is 0 Å². The first-order chi connectivity index (χ1) is 9.61. The standard InChI is InChI=1S/C14H15NO4S/c16-14(17)13-8-11-7-10(1-2-12(11)19-13)9-15-3-5-20(18)6-4-15/h1-2,7-8H,3-6,9H2,(H,16,17). The molecule has 1 saturated heterocycles. The highest BCUT2D eigenvalue weighted by molar-refractivity contribution is 7.85. The van der Waals surface area contributed by atoms with Gasteiger partial charge in [0.15, 0.2) is 0 Å². The fourth-order valence-corrected chi connectivity index (χ4v) is 3.52. The Kier molecular flexibility index (Phi) is 3.58. The molecule has 0 spiro atoms. The Balaban J connectivity index is 1.78. The first-order valence-electron chi connectivity index (χ1n) is 6.45. The van der Waals surface area contributed by atoms with Crippen molar-refractivity contribution in [3.8, 4) is 0 Å². The normalized spacial score (nSPS) is 17.6. The van der Waals surface area contributed by atoms with E-state index in [4.69, 9.17) is 9.52 Å². The number of rotatable bonds is 3. The van der Waals surface area contributed by atoms with E-state index < -0.39 is 16.8 Å². The minimum absolute atomic E-state index is 0.0366. The molecule has 0 saturated carbocycles. The molecule has 1 fully saturated rings. The lowest BCUT2D eigenvalue weighted by atomic mass is 10.1. The topological polar surface area (TPSA) is 70.8 Å². The van der Waals surface area contributed by atoms with Gasteiger partial charge >= 0.3 is 5.97 Å². The summed E-state index contributed by atoms with van der Waals surface area (Å²) < 4.78 is 16.6. The number of aromatic carboxylic acids is 1. The van der Waals surface area contributed by atoms with Gasteiger partial charge in [0.1, 0.15) is 5.58 Å². The zero-order valence-corrected chi connectivity index (χ0v) is 11.7. The molecule has 2 heterocycles. The number of carbonyl (C=O) groups is 1. The first-order valence-corrected chi connectivity index (χ1v) is 7.94. The van der Waals surface area contributed by atoms with Gasteiger partial charge in [-0.2, -0.15) is 0 Å². The summed E-state index contributed by atoms with van der Waals surface area (Å²) in [4.78, 5) is 13.1. The molecule has 0 amide bonds. The molecule has 2 aromatic rings. The van der Waals surface area contributed by atoms with Crippen molar-refractivity contribution in [2.45, 2.75) is 6.54 Å². The third-order valence-electron chi connectivity index (χ3n) is 3.47. The van der Waals surface area contributed by atoms with Crippen molar-refractivity contribution in [1.29, 1.82) is 0 Å². The third-order valence-corrected chi connectivity index (χ3v) is 4.74. The molecular weight excluding hydrogens is 278 g/mol. The lowest BCUT2D eigenvalue weighted by molar-refractivity contribution is 0.0665. The first kappa shape index (κ1) is 13.3. The average molecular weight is 293 g/mol. The van der Waals surface area contributed by atoms with E-state index in [9.17, 15) is 9.00 Å². The molecule has 0 unspecified atom stereocenters. The summed E-state index contributed by atoms with van der Waals surface area (Å²) in [6.45, 7) is 2.48. The van der Waals surface area contributed by atoms with Crippen LogP contribution in [0.2, 0.25) is 0 Å². The molecule has 3 rings (SSSR count). The van der Waals surface area contributed by atoms with Crippen molar-refractivity contribution in [2.24, 2.45) is 0 Å².